The molecular formula is C12H11F2N3O2S2. The van der Waals surface area contributed by atoms with Crippen molar-refractivity contribution in [3.63, 3.8) is 0 Å². The van der Waals surface area contributed by atoms with Gasteiger partial charge in [-0.15, -0.1) is 0 Å². The fraction of sp³-hybridized carbons (Fsp3) is 0.250. The maximum atomic E-state index is 13.4. The van der Waals surface area contributed by atoms with Gasteiger partial charge in [-0.2, -0.15) is 9.36 Å². The van der Waals surface area contributed by atoms with Crippen LogP contribution in [0.5, 0.6) is 5.19 Å². The summed E-state index contributed by atoms with van der Waals surface area (Å²) in [5, 5.41) is 0.161. The average Bonchev–Trinajstić information content (AvgIpc) is 2.85. The summed E-state index contributed by atoms with van der Waals surface area (Å²) in [4.78, 5) is 16.8. The molecule has 0 aliphatic heterocycles. The van der Waals surface area contributed by atoms with Crippen molar-refractivity contribution in [3.8, 4) is 5.19 Å². The lowest BCUT2D eigenvalue weighted by Gasteiger charge is -2.06. The van der Waals surface area contributed by atoms with Crippen LogP contribution in [0.4, 0.5) is 13.6 Å². The predicted octanol–water partition coefficient (Wildman–Crippen LogP) is 3.17. The van der Waals surface area contributed by atoms with E-state index in [0.717, 1.165) is 35.4 Å². The molecule has 21 heavy (non-hydrogen) atoms. The number of ether oxygens (including phenoxy) is 1. The van der Waals surface area contributed by atoms with E-state index in [0.29, 0.717) is 0 Å². The van der Waals surface area contributed by atoms with Gasteiger partial charge in [0.05, 0.1) is 5.56 Å². The van der Waals surface area contributed by atoms with Gasteiger partial charge in [-0.3, -0.25) is 4.79 Å². The molecule has 0 radical (unpaired) electrons. The molecule has 1 amide bonds. The van der Waals surface area contributed by atoms with Crippen LogP contribution in [-0.4, -0.2) is 33.6 Å². The number of aromatic nitrogens is 2. The fourth-order valence-corrected chi connectivity index (χ4v) is 2.49. The van der Waals surface area contributed by atoms with Crippen LogP contribution in [0.2, 0.25) is 0 Å². The van der Waals surface area contributed by atoms with E-state index in [1.54, 1.807) is 14.1 Å². The molecule has 2 aromatic rings. The number of halogens is 2. The zero-order valence-corrected chi connectivity index (χ0v) is 12.8. The molecule has 0 bridgehead atoms. The van der Waals surface area contributed by atoms with Crippen LogP contribution < -0.4 is 4.74 Å². The number of rotatable bonds is 4. The van der Waals surface area contributed by atoms with Crippen molar-refractivity contribution in [3.05, 3.63) is 35.4 Å². The molecule has 0 saturated heterocycles. The van der Waals surface area contributed by atoms with Crippen molar-refractivity contribution >= 4 is 28.5 Å². The Hall–Kier alpha value is -1.74. The molecule has 0 spiro atoms. The number of carbonyl (C=O) groups is 1. The highest BCUT2D eigenvalue weighted by Crippen LogP contribution is 2.24. The third kappa shape index (κ3) is 4.11. The minimum atomic E-state index is -0.683. The quantitative estimate of drug-likeness (QED) is 0.806. The van der Waals surface area contributed by atoms with Gasteiger partial charge in [0.1, 0.15) is 18.2 Å². The summed E-state index contributed by atoms with van der Waals surface area (Å²) in [6.45, 7) is -0.292. The van der Waals surface area contributed by atoms with E-state index in [-0.39, 0.29) is 27.8 Å². The molecule has 5 nitrogen and oxygen atoms in total. The number of nitrogens with zero attached hydrogens (tertiary/aromatic N) is 3. The Morgan fingerprint density at radius 2 is 2.05 bits per heavy atom. The van der Waals surface area contributed by atoms with Gasteiger partial charge in [0.2, 0.25) is 5.16 Å². The van der Waals surface area contributed by atoms with Crippen molar-refractivity contribution in [1.82, 2.24) is 14.3 Å². The van der Waals surface area contributed by atoms with Crippen molar-refractivity contribution in [2.75, 3.05) is 14.1 Å². The molecule has 0 atom stereocenters. The topological polar surface area (TPSA) is 55.3 Å². The lowest BCUT2D eigenvalue weighted by Crippen LogP contribution is -2.16. The molecule has 0 N–H and O–H groups in total. The van der Waals surface area contributed by atoms with E-state index in [4.69, 9.17) is 4.74 Å². The fourth-order valence-electron chi connectivity index (χ4n) is 1.27. The molecule has 0 unspecified atom stereocenters. The minimum Gasteiger partial charge on any atom is -0.464 e. The second kappa shape index (κ2) is 6.81. The van der Waals surface area contributed by atoms with E-state index < -0.39 is 11.6 Å². The highest BCUT2D eigenvalue weighted by atomic mass is 32.2. The SMILES string of the molecule is CN(C)C(=O)Sc1nsc(OCc2c(F)cccc2F)n1. The summed E-state index contributed by atoms with van der Waals surface area (Å²) >= 11 is 1.76. The molecule has 1 heterocycles. The summed E-state index contributed by atoms with van der Waals surface area (Å²) in [6.07, 6.45) is 0. The normalized spacial score (nSPS) is 10.5. The minimum absolute atomic E-state index is 0.145. The Morgan fingerprint density at radius 1 is 1.38 bits per heavy atom. The number of hydrogen-bond donors (Lipinski definition) is 0. The molecule has 1 aromatic carbocycles. The Kier molecular flexibility index (Phi) is 5.07. The van der Waals surface area contributed by atoms with Crippen molar-refractivity contribution in [1.29, 1.82) is 0 Å². The maximum absolute atomic E-state index is 13.4. The van der Waals surface area contributed by atoms with Gasteiger partial charge in [-0.1, -0.05) is 6.07 Å². The van der Waals surface area contributed by atoms with Gasteiger partial charge in [-0.25, -0.2) is 8.78 Å². The molecule has 9 heteroatoms. The van der Waals surface area contributed by atoms with E-state index in [9.17, 15) is 13.6 Å². The second-order valence-corrected chi connectivity index (χ2v) is 5.73. The number of amides is 1. The van der Waals surface area contributed by atoms with E-state index in [1.807, 2.05) is 0 Å². The summed E-state index contributed by atoms with van der Waals surface area (Å²) in [5.74, 6) is -1.37. The first-order chi connectivity index (χ1) is 9.97. The molecule has 1 aromatic heterocycles. The lowest BCUT2D eigenvalue weighted by molar-refractivity contribution is 0.241. The first-order valence-corrected chi connectivity index (χ1v) is 7.35. The number of benzene rings is 1. The van der Waals surface area contributed by atoms with Crippen LogP contribution in [0.15, 0.2) is 23.4 Å². The van der Waals surface area contributed by atoms with Gasteiger partial charge in [0.25, 0.3) is 10.4 Å². The van der Waals surface area contributed by atoms with E-state index in [2.05, 4.69) is 9.36 Å². The molecule has 0 fully saturated rings. The largest absolute Gasteiger partial charge is 0.464 e. The number of carbonyl (C=O) groups excluding carboxylic acids is 1. The Labute approximate surface area is 128 Å². The third-order valence-electron chi connectivity index (χ3n) is 2.33. The zero-order chi connectivity index (χ0) is 15.4. The predicted molar refractivity (Wildman–Crippen MR) is 75.5 cm³/mol. The third-order valence-corrected chi connectivity index (χ3v) is 3.98. The highest BCUT2D eigenvalue weighted by Gasteiger charge is 2.14. The van der Waals surface area contributed by atoms with Gasteiger partial charge in [0.15, 0.2) is 0 Å². The van der Waals surface area contributed by atoms with Gasteiger partial charge >= 0.3 is 0 Å². The summed E-state index contributed by atoms with van der Waals surface area (Å²) in [6, 6.07) is 3.58. The molecule has 0 saturated carbocycles. The molecule has 0 aliphatic rings. The summed E-state index contributed by atoms with van der Waals surface area (Å²) in [5.41, 5.74) is -0.175. The number of thioether (sulfide) groups is 1. The monoisotopic (exact) mass is 331 g/mol. The number of hydrogen-bond acceptors (Lipinski definition) is 6. The average molecular weight is 331 g/mol. The van der Waals surface area contributed by atoms with Gasteiger partial charge in [-0.05, 0) is 12.1 Å². The molecule has 112 valence electrons. The first-order valence-electron chi connectivity index (χ1n) is 5.76. The van der Waals surface area contributed by atoms with Gasteiger partial charge in [0, 0.05) is 37.4 Å². The Bertz CT molecular complexity index is 629. The Morgan fingerprint density at radius 3 is 2.67 bits per heavy atom. The smallest absolute Gasteiger partial charge is 0.294 e. The molecular weight excluding hydrogens is 320 g/mol. The standard InChI is InChI=1S/C12H11F2N3O2S2/c1-17(2)12(18)20-10-15-11(21-16-10)19-6-7-8(13)4-3-5-9(7)14/h3-5H,6H2,1-2H3. The summed E-state index contributed by atoms with van der Waals surface area (Å²) < 4.78 is 36.0. The lowest BCUT2D eigenvalue weighted by atomic mass is 10.2. The van der Waals surface area contributed by atoms with Crippen LogP contribution in [-0.2, 0) is 6.61 Å². The molecule has 2 rings (SSSR count). The van der Waals surface area contributed by atoms with E-state index in [1.165, 1.54) is 11.0 Å². The second-order valence-electron chi connectivity index (χ2n) is 4.09. The van der Waals surface area contributed by atoms with Crippen LogP contribution in [0.1, 0.15) is 5.56 Å². The van der Waals surface area contributed by atoms with Crippen LogP contribution in [0.25, 0.3) is 0 Å². The molecule has 0 aliphatic carbocycles. The van der Waals surface area contributed by atoms with Gasteiger partial charge < -0.3 is 9.64 Å². The van der Waals surface area contributed by atoms with Crippen molar-refractivity contribution < 1.29 is 18.3 Å². The van der Waals surface area contributed by atoms with Crippen molar-refractivity contribution in [2.24, 2.45) is 0 Å². The highest BCUT2D eigenvalue weighted by molar-refractivity contribution is 8.13. The van der Waals surface area contributed by atoms with Crippen molar-refractivity contribution in [2.45, 2.75) is 11.8 Å². The summed E-state index contributed by atoms with van der Waals surface area (Å²) in [7, 11) is 3.22. The Balaban J connectivity index is 1.99. The maximum Gasteiger partial charge on any atom is 0.294 e. The van der Waals surface area contributed by atoms with Crippen LogP contribution in [0, 0.1) is 11.6 Å². The van der Waals surface area contributed by atoms with Crippen LogP contribution in [0.3, 0.4) is 0 Å². The van der Waals surface area contributed by atoms with E-state index >= 15 is 0 Å². The zero-order valence-electron chi connectivity index (χ0n) is 11.2. The first kappa shape index (κ1) is 15.6. The van der Waals surface area contributed by atoms with Crippen LogP contribution >= 0.6 is 23.3 Å².